The average Bonchev–Trinajstić information content (AvgIpc) is 2.39. The van der Waals surface area contributed by atoms with E-state index in [4.69, 9.17) is 16.3 Å². The van der Waals surface area contributed by atoms with Gasteiger partial charge >= 0.3 is 0 Å². The second-order valence-electron chi connectivity index (χ2n) is 3.79. The van der Waals surface area contributed by atoms with Crippen molar-refractivity contribution in [2.75, 3.05) is 6.61 Å². The minimum atomic E-state index is -0.567. The molecule has 0 spiro atoms. The van der Waals surface area contributed by atoms with Gasteiger partial charge in [0.25, 0.3) is 0 Å². The van der Waals surface area contributed by atoms with E-state index in [2.05, 4.69) is 15.9 Å². The Labute approximate surface area is 123 Å². The van der Waals surface area contributed by atoms with Gasteiger partial charge in [-0.05, 0) is 36.4 Å². The lowest BCUT2D eigenvalue weighted by atomic mass is 10.1. The van der Waals surface area contributed by atoms with Gasteiger partial charge in [0.05, 0.1) is 5.56 Å². The summed E-state index contributed by atoms with van der Waals surface area (Å²) >= 11 is 8.99. The van der Waals surface area contributed by atoms with Crippen LogP contribution in [0.15, 0.2) is 46.9 Å². The molecular formula is C14H9BrClFO2. The van der Waals surface area contributed by atoms with Crippen LogP contribution < -0.4 is 4.74 Å². The average molecular weight is 344 g/mol. The monoisotopic (exact) mass is 342 g/mol. The highest BCUT2D eigenvalue weighted by Crippen LogP contribution is 2.19. The molecule has 0 bridgehead atoms. The van der Waals surface area contributed by atoms with Crippen LogP contribution in [0.2, 0.25) is 5.02 Å². The molecule has 0 N–H and O–H groups in total. The van der Waals surface area contributed by atoms with Crippen molar-refractivity contribution < 1.29 is 13.9 Å². The van der Waals surface area contributed by atoms with Gasteiger partial charge in [0.2, 0.25) is 5.78 Å². The van der Waals surface area contributed by atoms with Crippen molar-refractivity contribution in [3.63, 3.8) is 0 Å². The summed E-state index contributed by atoms with van der Waals surface area (Å²) in [7, 11) is 0. The normalized spacial score (nSPS) is 10.3. The molecule has 0 heterocycles. The van der Waals surface area contributed by atoms with Gasteiger partial charge in [-0.25, -0.2) is 4.39 Å². The Morgan fingerprint density at radius 2 is 2.05 bits per heavy atom. The topological polar surface area (TPSA) is 26.3 Å². The number of ether oxygens (including phenoxy) is 1. The predicted molar refractivity (Wildman–Crippen MR) is 75.4 cm³/mol. The van der Waals surface area contributed by atoms with Crippen molar-refractivity contribution in [2.24, 2.45) is 0 Å². The zero-order valence-electron chi connectivity index (χ0n) is 9.70. The molecule has 2 nitrogen and oxygen atoms in total. The molecule has 0 aliphatic heterocycles. The molecule has 0 atom stereocenters. The fourth-order valence-electron chi connectivity index (χ4n) is 1.49. The largest absolute Gasteiger partial charge is 0.485 e. The van der Waals surface area contributed by atoms with Crippen LogP contribution in [0.1, 0.15) is 10.4 Å². The van der Waals surface area contributed by atoms with Crippen LogP contribution in [-0.2, 0) is 0 Å². The standard InChI is InChI=1S/C14H9BrClFO2/c15-9-4-5-13(17)12(6-9)14(18)8-19-11-3-1-2-10(16)7-11/h1-7H,8H2. The molecule has 19 heavy (non-hydrogen) atoms. The number of ketones is 1. The van der Waals surface area contributed by atoms with Gasteiger partial charge in [0, 0.05) is 9.50 Å². The number of hydrogen-bond acceptors (Lipinski definition) is 2. The molecule has 0 radical (unpaired) electrons. The highest BCUT2D eigenvalue weighted by molar-refractivity contribution is 9.10. The van der Waals surface area contributed by atoms with E-state index in [1.165, 1.54) is 18.2 Å². The summed E-state index contributed by atoms with van der Waals surface area (Å²) < 4.78 is 19.4. The van der Waals surface area contributed by atoms with E-state index < -0.39 is 11.6 Å². The van der Waals surface area contributed by atoms with Crippen molar-refractivity contribution >= 4 is 33.3 Å². The summed E-state index contributed by atoms with van der Waals surface area (Å²) in [5, 5.41) is 0.513. The van der Waals surface area contributed by atoms with Crippen LogP contribution >= 0.6 is 27.5 Å². The van der Waals surface area contributed by atoms with Gasteiger partial charge in [-0.1, -0.05) is 33.6 Å². The molecule has 2 aromatic carbocycles. The van der Waals surface area contributed by atoms with Gasteiger partial charge < -0.3 is 4.74 Å². The van der Waals surface area contributed by atoms with Gasteiger partial charge in [-0.2, -0.15) is 0 Å². The lowest BCUT2D eigenvalue weighted by Gasteiger charge is -2.06. The first kappa shape index (κ1) is 14.0. The second kappa shape index (κ2) is 6.17. The van der Waals surface area contributed by atoms with Gasteiger partial charge in [0.15, 0.2) is 6.61 Å². The number of hydrogen-bond donors (Lipinski definition) is 0. The summed E-state index contributed by atoms with van der Waals surface area (Å²) in [4.78, 5) is 11.9. The highest BCUT2D eigenvalue weighted by atomic mass is 79.9. The smallest absolute Gasteiger partial charge is 0.203 e. The molecule has 98 valence electrons. The summed E-state index contributed by atoms with van der Waals surface area (Å²) in [5.74, 6) is -0.530. The number of Topliss-reactive ketones (excluding diaryl/α,β-unsaturated/α-hetero) is 1. The first-order valence-corrected chi connectivity index (χ1v) is 6.60. The molecule has 0 fully saturated rings. The van der Waals surface area contributed by atoms with Crippen molar-refractivity contribution in [3.05, 3.63) is 63.3 Å². The van der Waals surface area contributed by atoms with Crippen LogP contribution in [0.4, 0.5) is 4.39 Å². The van der Waals surface area contributed by atoms with Crippen LogP contribution in [0.25, 0.3) is 0 Å². The first-order valence-electron chi connectivity index (χ1n) is 5.43. The van der Waals surface area contributed by atoms with Crippen LogP contribution in [-0.4, -0.2) is 12.4 Å². The van der Waals surface area contributed by atoms with Gasteiger partial charge in [0.1, 0.15) is 11.6 Å². The predicted octanol–water partition coefficient (Wildman–Crippen LogP) is 4.50. The lowest BCUT2D eigenvalue weighted by molar-refractivity contribution is 0.0917. The maximum absolute atomic E-state index is 13.5. The number of carbonyl (C=O) groups excluding carboxylic acids is 1. The van der Waals surface area contributed by atoms with E-state index in [9.17, 15) is 9.18 Å². The summed E-state index contributed by atoms with van der Waals surface area (Å²) in [6.45, 7) is -0.242. The van der Waals surface area contributed by atoms with E-state index in [0.29, 0.717) is 15.2 Å². The zero-order valence-corrected chi connectivity index (χ0v) is 12.0. The van der Waals surface area contributed by atoms with Crippen LogP contribution in [0.3, 0.4) is 0 Å². The molecule has 0 saturated carbocycles. The fraction of sp³-hybridized carbons (Fsp3) is 0.0714. The number of benzene rings is 2. The Kier molecular flexibility index (Phi) is 4.56. The molecular weight excluding hydrogens is 335 g/mol. The van der Waals surface area contributed by atoms with Crippen molar-refractivity contribution in [3.8, 4) is 5.75 Å². The van der Waals surface area contributed by atoms with E-state index >= 15 is 0 Å². The van der Waals surface area contributed by atoms with Gasteiger partial charge in [-0.15, -0.1) is 0 Å². The summed E-state index contributed by atoms with van der Waals surface area (Å²) in [5.41, 5.74) is -0.00333. The van der Waals surface area contributed by atoms with E-state index in [0.717, 1.165) is 0 Å². The highest BCUT2D eigenvalue weighted by Gasteiger charge is 2.13. The van der Waals surface area contributed by atoms with Crippen molar-refractivity contribution in [2.45, 2.75) is 0 Å². The van der Waals surface area contributed by atoms with Gasteiger partial charge in [-0.3, -0.25) is 4.79 Å². The molecule has 2 rings (SSSR count). The second-order valence-corrected chi connectivity index (χ2v) is 5.15. The molecule has 0 aliphatic rings. The summed E-state index contributed by atoms with van der Waals surface area (Å²) in [6.07, 6.45) is 0. The molecule has 0 aromatic heterocycles. The third-order valence-corrected chi connectivity index (χ3v) is 3.12. The molecule has 0 amide bonds. The number of rotatable bonds is 4. The van der Waals surface area contributed by atoms with E-state index in [1.807, 2.05) is 0 Å². The molecule has 5 heteroatoms. The quantitative estimate of drug-likeness (QED) is 0.764. The Hall–Kier alpha value is -1.39. The Morgan fingerprint density at radius 1 is 1.26 bits per heavy atom. The molecule has 0 aliphatic carbocycles. The lowest BCUT2D eigenvalue weighted by Crippen LogP contribution is -2.13. The third kappa shape index (κ3) is 3.78. The third-order valence-electron chi connectivity index (χ3n) is 2.39. The Balaban J connectivity index is 2.07. The minimum Gasteiger partial charge on any atom is -0.485 e. The van der Waals surface area contributed by atoms with Crippen LogP contribution in [0.5, 0.6) is 5.75 Å². The molecule has 0 unspecified atom stereocenters. The maximum Gasteiger partial charge on any atom is 0.203 e. The minimum absolute atomic E-state index is 0.00333. The number of carbonyl (C=O) groups is 1. The Bertz CT molecular complexity index is 616. The molecule has 0 saturated heterocycles. The fourth-order valence-corrected chi connectivity index (χ4v) is 2.04. The van der Waals surface area contributed by atoms with Crippen molar-refractivity contribution in [1.29, 1.82) is 0 Å². The van der Waals surface area contributed by atoms with E-state index in [-0.39, 0.29) is 12.2 Å². The zero-order chi connectivity index (χ0) is 13.8. The SMILES string of the molecule is O=C(COc1cccc(Cl)c1)c1cc(Br)ccc1F. The van der Waals surface area contributed by atoms with Crippen molar-refractivity contribution in [1.82, 2.24) is 0 Å². The maximum atomic E-state index is 13.5. The van der Waals surface area contributed by atoms with E-state index in [1.54, 1.807) is 24.3 Å². The first-order chi connectivity index (χ1) is 9.06. The Morgan fingerprint density at radius 3 is 2.79 bits per heavy atom. The van der Waals surface area contributed by atoms with Crippen LogP contribution in [0, 0.1) is 5.82 Å². The summed E-state index contributed by atoms with van der Waals surface area (Å²) in [6, 6.07) is 10.9. The molecule has 2 aromatic rings. The number of halogens is 3.